The number of nitrogens with two attached hydrogens (primary N) is 1. The molecule has 2 aliphatic rings. The van der Waals surface area contributed by atoms with Gasteiger partial charge in [-0.15, -0.1) is 0 Å². The largest absolute Gasteiger partial charge is 0.465 e. The van der Waals surface area contributed by atoms with Crippen molar-refractivity contribution in [3.63, 3.8) is 0 Å². The average Bonchev–Trinajstić information content (AvgIpc) is 3.13. The van der Waals surface area contributed by atoms with Gasteiger partial charge in [0.1, 0.15) is 0 Å². The molecule has 0 aromatic carbocycles. The lowest BCUT2D eigenvalue weighted by Gasteiger charge is -2.26. The van der Waals surface area contributed by atoms with E-state index in [1.807, 2.05) is 0 Å². The van der Waals surface area contributed by atoms with Gasteiger partial charge in [-0.2, -0.15) is 0 Å². The first-order valence-corrected chi connectivity index (χ1v) is 6.66. The predicted molar refractivity (Wildman–Crippen MR) is 62.8 cm³/mol. The second kappa shape index (κ2) is 5.67. The molecule has 0 aromatic rings. The summed E-state index contributed by atoms with van der Waals surface area (Å²) in [5.74, 6) is 1.68. The van der Waals surface area contributed by atoms with E-state index in [4.69, 9.17) is 10.5 Å². The van der Waals surface area contributed by atoms with Crippen LogP contribution >= 0.6 is 0 Å². The van der Waals surface area contributed by atoms with Crippen molar-refractivity contribution < 1.29 is 9.53 Å². The topological polar surface area (TPSA) is 52.3 Å². The molecule has 0 radical (unpaired) electrons. The lowest BCUT2D eigenvalue weighted by Crippen LogP contribution is -2.27. The van der Waals surface area contributed by atoms with Gasteiger partial charge in [0.2, 0.25) is 0 Å². The molecule has 0 unspecified atom stereocenters. The molecule has 2 N–H and O–H groups in total. The molecule has 0 aromatic heterocycles. The molecular formula is C13H23NO2. The SMILES string of the molecule is NCC1CCC(C(=O)OCCC2CC2)CC1. The minimum absolute atomic E-state index is 0.0381. The third kappa shape index (κ3) is 3.48. The van der Waals surface area contributed by atoms with Crippen molar-refractivity contribution in [1.29, 1.82) is 0 Å². The van der Waals surface area contributed by atoms with Crippen LogP contribution in [0.4, 0.5) is 0 Å². The predicted octanol–water partition coefficient (Wildman–Crippen LogP) is 2.09. The first-order chi connectivity index (χ1) is 7.79. The first-order valence-electron chi connectivity index (χ1n) is 6.66. The zero-order valence-electron chi connectivity index (χ0n) is 9.99. The van der Waals surface area contributed by atoms with Crippen LogP contribution in [0, 0.1) is 17.8 Å². The maximum absolute atomic E-state index is 11.7. The molecule has 3 heteroatoms. The molecule has 0 amide bonds. The highest BCUT2D eigenvalue weighted by atomic mass is 16.5. The maximum atomic E-state index is 11.7. The maximum Gasteiger partial charge on any atom is 0.308 e. The van der Waals surface area contributed by atoms with Gasteiger partial charge in [0, 0.05) is 0 Å². The van der Waals surface area contributed by atoms with Crippen molar-refractivity contribution in [1.82, 2.24) is 0 Å². The number of hydrogen-bond acceptors (Lipinski definition) is 3. The zero-order chi connectivity index (χ0) is 11.4. The van der Waals surface area contributed by atoms with Crippen LogP contribution in [0.15, 0.2) is 0 Å². The van der Waals surface area contributed by atoms with E-state index in [1.54, 1.807) is 0 Å². The van der Waals surface area contributed by atoms with Crippen molar-refractivity contribution >= 4 is 5.97 Å². The number of carbonyl (C=O) groups excluding carboxylic acids is 1. The van der Waals surface area contributed by atoms with E-state index in [2.05, 4.69) is 0 Å². The van der Waals surface area contributed by atoms with E-state index >= 15 is 0 Å². The van der Waals surface area contributed by atoms with Gasteiger partial charge in [-0.3, -0.25) is 4.79 Å². The van der Waals surface area contributed by atoms with Crippen LogP contribution in [0.1, 0.15) is 44.9 Å². The van der Waals surface area contributed by atoms with Gasteiger partial charge < -0.3 is 10.5 Å². The lowest BCUT2D eigenvalue weighted by molar-refractivity contribution is -0.150. The summed E-state index contributed by atoms with van der Waals surface area (Å²) in [7, 11) is 0. The minimum Gasteiger partial charge on any atom is -0.465 e. The monoisotopic (exact) mass is 225 g/mol. The lowest BCUT2D eigenvalue weighted by atomic mass is 9.82. The van der Waals surface area contributed by atoms with Crippen molar-refractivity contribution in [2.24, 2.45) is 23.5 Å². The third-order valence-electron chi connectivity index (χ3n) is 3.98. The number of ether oxygens (including phenoxy) is 1. The van der Waals surface area contributed by atoms with Gasteiger partial charge in [0.05, 0.1) is 12.5 Å². The van der Waals surface area contributed by atoms with Gasteiger partial charge in [-0.1, -0.05) is 12.8 Å². The van der Waals surface area contributed by atoms with E-state index in [1.165, 1.54) is 12.8 Å². The smallest absolute Gasteiger partial charge is 0.308 e. The second-order valence-corrected chi connectivity index (χ2v) is 5.35. The molecule has 0 atom stereocenters. The van der Waals surface area contributed by atoms with Crippen molar-refractivity contribution in [2.75, 3.05) is 13.2 Å². The van der Waals surface area contributed by atoms with E-state index in [0.717, 1.165) is 44.6 Å². The molecule has 0 saturated heterocycles. The van der Waals surface area contributed by atoms with Crippen LogP contribution in [-0.2, 0) is 9.53 Å². The highest BCUT2D eigenvalue weighted by molar-refractivity contribution is 5.72. The van der Waals surface area contributed by atoms with Gasteiger partial charge in [-0.25, -0.2) is 0 Å². The van der Waals surface area contributed by atoms with Crippen LogP contribution < -0.4 is 5.73 Å². The van der Waals surface area contributed by atoms with Crippen LogP contribution in [0.3, 0.4) is 0 Å². The second-order valence-electron chi connectivity index (χ2n) is 5.35. The standard InChI is InChI=1S/C13H23NO2/c14-9-11-3-5-12(6-4-11)13(15)16-8-7-10-1-2-10/h10-12H,1-9,14H2. The summed E-state index contributed by atoms with van der Waals surface area (Å²) in [6, 6.07) is 0. The van der Waals surface area contributed by atoms with Gasteiger partial charge in [0.15, 0.2) is 0 Å². The molecule has 3 nitrogen and oxygen atoms in total. The summed E-state index contributed by atoms with van der Waals surface area (Å²) in [4.78, 5) is 11.7. The van der Waals surface area contributed by atoms with Crippen molar-refractivity contribution in [2.45, 2.75) is 44.9 Å². The summed E-state index contributed by atoms with van der Waals surface area (Å²) in [6.07, 6.45) is 7.88. The normalized spacial score (nSPS) is 30.1. The molecule has 0 aliphatic heterocycles. The Balaban J connectivity index is 1.61. The highest BCUT2D eigenvalue weighted by Gasteiger charge is 2.27. The van der Waals surface area contributed by atoms with Crippen LogP contribution in [0.5, 0.6) is 0 Å². The Labute approximate surface area is 97.7 Å². The van der Waals surface area contributed by atoms with Crippen LogP contribution in [-0.4, -0.2) is 19.1 Å². The summed E-state index contributed by atoms with van der Waals surface area (Å²) >= 11 is 0. The Bertz CT molecular complexity index is 230. The molecule has 0 bridgehead atoms. The molecule has 92 valence electrons. The van der Waals surface area contributed by atoms with Gasteiger partial charge in [-0.05, 0) is 50.5 Å². The van der Waals surface area contributed by atoms with Gasteiger partial charge >= 0.3 is 5.97 Å². The number of rotatable bonds is 5. The van der Waals surface area contributed by atoms with E-state index in [-0.39, 0.29) is 11.9 Å². The Morgan fingerprint density at radius 2 is 1.69 bits per heavy atom. The fraction of sp³-hybridized carbons (Fsp3) is 0.923. The first kappa shape index (κ1) is 11.9. The van der Waals surface area contributed by atoms with Crippen molar-refractivity contribution in [3.05, 3.63) is 0 Å². The Kier molecular flexibility index (Phi) is 4.22. The summed E-state index contributed by atoms with van der Waals surface area (Å²) in [5, 5.41) is 0. The number of esters is 1. The molecule has 16 heavy (non-hydrogen) atoms. The Morgan fingerprint density at radius 3 is 2.25 bits per heavy atom. The number of carbonyl (C=O) groups is 1. The van der Waals surface area contributed by atoms with E-state index in [0.29, 0.717) is 12.5 Å². The number of hydrogen-bond donors (Lipinski definition) is 1. The molecule has 2 rings (SSSR count). The summed E-state index contributed by atoms with van der Waals surface area (Å²) in [5.41, 5.74) is 5.63. The van der Waals surface area contributed by atoms with E-state index < -0.39 is 0 Å². The minimum atomic E-state index is 0.0381. The molecule has 0 heterocycles. The van der Waals surface area contributed by atoms with Crippen LogP contribution in [0.25, 0.3) is 0 Å². The quantitative estimate of drug-likeness (QED) is 0.729. The molecule has 0 spiro atoms. The Hall–Kier alpha value is -0.570. The highest BCUT2D eigenvalue weighted by Crippen LogP contribution is 2.33. The summed E-state index contributed by atoms with van der Waals surface area (Å²) < 4.78 is 5.33. The Morgan fingerprint density at radius 1 is 1.06 bits per heavy atom. The molecule has 2 fully saturated rings. The molecular weight excluding hydrogens is 202 g/mol. The third-order valence-corrected chi connectivity index (χ3v) is 3.98. The fourth-order valence-electron chi connectivity index (χ4n) is 2.48. The van der Waals surface area contributed by atoms with E-state index in [9.17, 15) is 4.79 Å². The average molecular weight is 225 g/mol. The fourth-order valence-corrected chi connectivity index (χ4v) is 2.48. The van der Waals surface area contributed by atoms with Crippen LogP contribution in [0.2, 0.25) is 0 Å². The van der Waals surface area contributed by atoms with Gasteiger partial charge in [0.25, 0.3) is 0 Å². The summed E-state index contributed by atoms with van der Waals surface area (Å²) in [6.45, 7) is 1.41. The zero-order valence-corrected chi connectivity index (χ0v) is 9.99. The molecule has 2 saturated carbocycles. The molecule has 2 aliphatic carbocycles. The van der Waals surface area contributed by atoms with Crippen molar-refractivity contribution in [3.8, 4) is 0 Å².